The van der Waals surface area contributed by atoms with Crippen LogP contribution in [0.25, 0.3) is 0 Å². The molecule has 2 N–H and O–H groups in total. The second-order valence-corrected chi connectivity index (χ2v) is 5.10. The van der Waals surface area contributed by atoms with Crippen molar-refractivity contribution < 1.29 is 4.52 Å². The highest BCUT2D eigenvalue weighted by molar-refractivity contribution is 5.04. The smallest absolute Gasteiger partial charge is 0.246 e. The Morgan fingerprint density at radius 2 is 2.12 bits per heavy atom. The number of hydrogen-bond donors (Lipinski definition) is 1. The van der Waals surface area contributed by atoms with Gasteiger partial charge in [0, 0.05) is 6.42 Å². The molecule has 16 heavy (non-hydrogen) atoms. The van der Waals surface area contributed by atoms with Crippen molar-refractivity contribution in [3.05, 3.63) is 11.7 Å². The van der Waals surface area contributed by atoms with Crippen LogP contribution in [0.4, 0.5) is 0 Å². The molecule has 4 nitrogen and oxygen atoms in total. The van der Waals surface area contributed by atoms with Crippen LogP contribution < -0.4 is 5.73 Å². The SMILES string of the molecule is CCCc1noc(C2(N)CCC(C)CC2)n1. The number of hydrogen-bond acceptors (Lipinski definition) is 4. The summed E-state index contributed by atoms with van der Waals surface area (Å²) in [5, 5.41) is 3.98. The average molecular weight is 223 g/mol. The van der Waals surface area contributed by atoms with Crippen LogP contribution in [0.2, 0.25) is 0 Å². The summed E-state index contributed by atoms with van der Waals surface area (Å²) in [7, 11) is 0. The van der Waals surface area contributed by atoms with Crippen molar-refractivity contribution in [2.75, 3.05) is 0 Å². The van der Waals surface area contributed by atoms with Gasteiger partial charge < -0.3 is 10.3 Å². The number of aromatic nitrogens is 2. The normalized spacial score (nSPS) is 30.6. The van der Waals surface area contributed by atoms with Gasteiger partial charge in [0.1, 0.15) is 0 Å². The zero-order valence-corrected chi connectivity index (χ0v) is 10.2. The lowest BCUT2D eigenvalue weighted by molar-refractivity contribution is 0.190. The lowest BCUT2D eigenvalue weighted by Gasteiger charge is -2.32. The van der Waals surface area contributed by atoms with E-state index in [1.54, 1.807) is 0 Å². The third-order valence-electron chi connectivity index (χ3n) is 3.53. The van der Waals surface area contributed by atoms with Crippen LogP contribution in [0.3, 0.4) is 0 Å². The van der Waals surface area contributed by atoms with Gasteiger partial charge in [0.2, 0.25) is 5.89 Å². The van der Waals surface area contributed by atoms with E-state index in [9.17, 15) is 0 Å². The Hall–Kier alpha value is -0.900. The van der Waals surface area contributed by atoms with Gasteiger partial charge in [0.15, 0.2) is 5.82 Å². The lowest BCUT2D eigenvalue weighted by Crippen LogP contribution is -2.40. The summed E-state index contributed by atoms with van der Waals surface area (Å²) >= 11 is 0. The Kier molecular flexibility index (Phi) is 3.28. The predicted molar refractivity (Wildman–Crippen MR) is 61.8 cm³/mol. The molecule has 1 aromatic rings. The Balaban J connectivity index is 2.09. The first-order valence-electron chi connectivity index (χ1n) is 6.26. The number of rotatable bonds is 3. The topological polar surface area (TPSA) is 64.9 Å². The van der Waals surface area contributed by atoms with Gasteiger partial charge in [-0.2, -0.15) is 4.98 Å². The second kappa shape index (κ2) is 4.53. The molecule has 0 aliphatic heterocycles. The molecule has 90 valence electrons. The maximum atomic E-state index is 6.36. The Morgan fingerprint density at radius 3 is 2.75 bits per heavy atom. The Bertz CT molecular complexity index is 340. The highest BCUT2D eigenvalue weighted by Crippen LogP contribution is 2.36. The summed E-state index contributed by atoms with van der Waals surface area (Å²) in [5.74, 6) is 2.21. The second-order valence-electron chi connectivity index (χ2n) is 5.10. The quantitative estimate of drug-likeness (QED) is 0.854. The summed E-state index contributed by atoms with van der Waals surface area (Å²) < 4.78 is 5.31. The minimum absolute atomic E-state index is 0.370. The van der Waals surface area contributed by atoms with Crippen LogP contribution in [-0.2, 0) is 12.0 Å². The van der Waals surface area contributed by atoms with Crippen molar-refractivity contribution in [2.45, 2.75) is 57.9 Å². The first-order valence-corrected chi connectivity index (χ1v) is 6.26. The summed E-state index contributed by atoms with van der Waals surface area (Å²) in [6.07, 6.45) is 6.14. The molecule has 1 aromatic heterocycles. The van der Waals surface area contributed by atoms with Crippen LogP contribution in [0.15, 0.2) is 4.52 Å². The van der Waals surface area contributed by atoms with E-state index in [1.165, 1.54) is 0 Å². The summed E-state index contributed by atoms with van der Waals surface area (Å²) in [6.45, 7) is 4.38. The molecule has 0 atom stereocenters. The zero-order chi connectivity index (χ0) is 11.6. The molecular weight excluding hydrogens is 202 g/mol. The standard InChI is InChI=1S/C12H21N3O/c1-3-4-10-14-11(16-15-10)12(13)7-5-9(2)6-8-12/h9H,3-8,13H2,1-2H3. The summed E-state index contributed by atoms with van der Waals surface area (Å²) in [6, 6.07) is 0. The molecule has 0 radical (unpaired) electrons. The number of nitrogens with zero attached hydrogens (tertiary/aromatic N) is 2. The molecule has 1 fully saturated rings. The Morgan fingerprint density at radius 1 is 1.44 bits per heavy atom. The Labute approximate surface area is 96.6 Å². The van der Waals surface area contributed by atoms with Crippen molar-refractivity contribution >= 4 is 0 Å². The molecule has 0 unspecified atom stereocenters. The van der Waals surface area contributed by atoms with E-state index in [4.69, 9.17) is 10.3 Å². The molecule has 0 spiro atoms. The van der Waals surface area contributed by atoms with E-state index in [0.717, 1.165) is 50.3 Å². The van der Waals surface area contributed by atoms with Crippen LogP contribution >= 0.6 is 0 Å². The third-order valence-corrected chi connectivity index (χ3v) is 3.53. The van der Waals surface area contributed by atoms with E-state index in [0.29, 0.717) is 5.89 Å². The van der Waals surface area contributed by atoms with Crippen LogP contribution in [-0.4, -0.2) is 10.1 Å². The molecule has 1 saturated carbocycles. The van der Waals surface area contributed by atoms with Crippen LogP contribution in [0, 0.1) is 5.92 Å². The van der Waals surface area contributed by atoms with Crippen molar-refractivity contribution in [3.63, 3.8) is 0 Å². The van der Waals surface area contributed by atoms with Gasteiger partial charge in [0.05, 0.1) is 5.54 Å². The summed E-state index contributed by atoms with van der Waals surface area (Å²) in [4.78, 5) is 4.42. The monoisotopic (exact) mass is 223 g/mol. The maximum absolute atomic E-state index is 6.36. The van der Waals surface area contributed by atoms with E-state index >= 15 is 0 Å². The van der Waals surface area contributed by atoms with E-state index in [1.807, 2.05) is 0 Å². The third kappa shape index (κ3) is 2.26. The molecule has 1 aliphatic carbocycles. The zero-order valence-electron chi connectivity index (χ0n) is 10.2. The molecule has 2 rings (SSSR count). The van der Waals surface area contributed by atoms with E-state index in [2.05, 4.69) is 24.0 Å². The van der Waals surface area contributed by atoms with Crippen LogP contribution in [0.5, 0.6) is 0 Å². The van der Waals surface area contributed by atoms with Crippen molar-refractivity contribution in [3.8, 4) is 0 Å². The summed E-state index contributed by atoms with van der Waals surface area (Å²) in [5.41, 5.74) is 5.99. The number of aryl methyl sites for hydroxylation is 1. The molecular formula is C12H21N3O. The van der Waals surface area contributed by atoms with E-state index < -0.39 is 0 Å². The average Bonchev–Trinajstić information content (AvgIpc) is 2.73. The minimum Gasteiger partial charge on any atom is -0.337 e. The minimum atomic E-state index is -0.370. The van der Waals surface area contributed by atoms with Crippen molar-refractivity contribution in [1.29, 1.82) is 0 Å². The predicted octanol–water partition coefficient (Wildman–Crippen LogP) is 2.39. The van der Waals surface area contributed by atoms with E-state index in [-0.39, 0.29) is 5.54 Å². The van der Waals surface area contributed by atoms with Gasteiger partial charge in [-0.15, -0.1) is 0 Å². The van der Waals surface area contributed by atoms with Gasteiger partial charge in [0.25, 0.3) is 0 Å². The number of nitrogens with two attached hydrogens (primary N) is 1. The highest BCUT2D eigenvalue weighted by Gasteiger charge is 2.36. The molecule has 0 aromatic carbocycles. The van der Waals surface area contributed by atoms with Gasteiger partial charge in [-0.05, 0) is 38.0 Å². The highest BCUT2D eigenvalue weighted by atomic mass is 16.5. The molecule has 0 bridgehead atoms. The molecule has 4 heteroatoms. The lowest BCUT2D eigenvalue weighted by atomic mass is 9.78. The van der Waals surface area contributed by atoms with Gasteiger partial charge >= 0.3 is 0 Å². The van der Waals surface area contributed by atoms with Gasteiger partial charge in [-0.1, -0.05) is 19.0 Å². The van der Waals surface area contributed by atoms with Crippen molar-refractivity contribution in [1.82, 2.24) is 10.1 Å². The van der Waals surface area contributed by atoms with Gasteiger partial charge in [-0.3, -0.25) is 0 Å². The van der Waals surface area contributed by atoms with Crippen molar-refractivity contribution in [2.24, 2.45) is 11.7 Å². The van der Waals surface area contributed by atoms with Gasteiger partial charge in [-0.25, -0.2) is 0 Å². The van der Waals surface area contributed by atoms with Crippen LogP contribution in [0.1, 0.15) is 57.7 Å². The molecule has 0 amide bonds. The first kappa shape index (κ1) is 11.6. The largest absolute Gasteiger partial charge is 0.337 e. The molecule has 1 heterocycles. The molecule has 0 saturated heterocycles. The maximum Gasteiger partial charge on any atom is 0.246 e. The molecule has 1 aliphatic rings. The fraction of sp³-hybridized carbons (Fsp3) is 0.833. The first-order chi connectivity index (χ1) is 7.64. The fourth-order valence-electron chi connectivity index (χ4n) is 2.27. The fourth-order valence-corrected chi connectivity index (χ4v) is 2.27.